The van der Waals surface area contributed by atoms with Crippen molar-refractivity contribution in [3.05, 3.63) is 33.0 Å². The Bertz CT molecular complexity index is 302. The highest BCUT2D eigenvalue weighted by Gasteiger charge is 2.11. The van der Waals surface area contributed by atoms with Gasteiger partial charge in [-0.3, -0.25) is 4.84 Å². The lowest BCUT2D eigenvalue weighted by Gasteiger charge is -2.10. The van der Waals surface area contributed by atoms with Gasteiger partial charge in [0.2, 0.25) is 0 Å². The zero-order valence-electron chi connectivity index (χ0n) is 7.53. The molecule has 0 radical (unpaired) electrons. The van der Waals surface area contributed by atoms with Crippen LogP contribution in [0.1, 0.15) is 16.7 Å². The molecule has 1 aromatic carbocycles. The van der Waals surface area contributed by atoms with Crippen LogP contribution in [0.4, 0.5) is 4.39 Å². The minimum absolute atomic E-state index is 0.0952. The second-order valence-corrected chi connectivity index (χ2v) is 3.76. The number of hydrogen-bond acceptors (Lipinski definition) is 2. The number of rotatable bonds is 2. The second-order valence-electron chi connectivity index (χ2n) is 2.90. The molecule has 0 spiro atoms. The maximum Gasteiger partial charge on any atom is 0.143 e. The highest BCUT2D eigenvalue weighted by Crippen LogP contribution is 2.25. The van der Waals surface area contributed by atoms with E-state index in [1.54, 1.807) is 6.07 Å². The third-order valence-corrected chi connectivity index (χ3v) is 2.67. The molecule has 0 saturated heterocycles. The summed E-state index contributed by atoms with van der Waals surface area (Å²) in [4.78, 5) is 4.44. The summed E-state index contributed by atoms with van der Waals surface area (Å²) in [5.74, 6) is 4.62. The molecule has 0 unspecified atom stereocenters. The molecule has 1 rings (SSSR count). The predicted molar refractivity (Wildman–Crippen MR) is 52.6 cm³/mol. The van der Waals surface area contributed by atoms with E-state index in [-0.39, 0.29) is 12.4 Å². The van der Waals surface area contributed by atoms with E-state index in [1.165, 1.54) is 0 Å². The summed E-state index contributed by atoms with van der Waals surface area (Å²) in [5, 5.41) is 0. The molecule has 13 heavy (non-hydrogen) atoms. The first kappa shape index (κ1) is 10.6. The van der Waals surface area contributed by atoms with Gasteiger partial charge >= 0.3 is 0 Å². The average Bonchev–Trinajstić information content (AvgIpc) is 2.09. The third-order valence-electron chi connectivity index (χ3n) is 2.09. The summed E-state index contributed by atoms with van der Waals surface area (Å²) in [7, 11) is 0. The summed E-state index contributed by atoms with van der Waals surface area (Å²) < 4.78 is 13.9. The predicted octanol–water partition coefficient (Wildman–Crippen LogP) is 2.60. The average molecular weight is 248 g/mol. The van der Waals surface area contributed by atoms with E-state index in [2.05, 4.69) is 20.8 Å². The van der Waals surface area contributed by atoms with Gasteiger partial charge in [-0.25, -0.2) is 10.3 Å². The zero-order chi connectivity index (χ0) is 10.0. The molecule has 0 aliphatic carbocycles. The van der Waals surface area contributed by atoms with Gasteiger partial charge in [0.25, 0.3) is 0 Å². The Morgan fingerprint density at radius 1 is 1.54 bits per heavy atom. The van der Waals surface area contributed by atoms with Crippen molar-refractivity contribution in [2.75, 3.05) is 0 Å². The van der Waals surface area contributed by atoms with Crippen LogP contribution >= 0.6 is 15.9 Å². The number of halogens is 2. The minimum Gasteiger partial charge on any atom is -0.300 e. The van der Waals surface area contributed by atoms with Crippen molar-refractivity contribution in [3.63, 3.8) is 0 Å². The molecule has 1 aromatic rings. The van der Waals surface area contributed by atoms with Gasteiger partial charge in [-0.1, -0.05) is 0 Å². The van der Waals surface area contributed by atoms with Crippen molar-refractivity contribution in [1.29, 1.82) is 0 Å². The smallest absolute Gasteiger partial charge is 0.143 e. The first-order valence-corrected chi connectivity index (χ1v) is 4.63. The molecular formula is C9H11BrFNO. The van der Waals surface area contributed by atoms with Gasteiger partial charge in [0.15, 0.2) is 0 Å². The second kappa shape index (κ2) is 4.17. The van der Waals surface area contributed by atoms with Crippen molar-refractivity contribution in [1.82, 2.24) is 0 Å². The molecule has 0 aliphatic rings. The monoisotopic (exact) mass is 247 g/mol. The summed E-state index contributed by atoms with van der Waals surface area (Å²) in [6.07, 6.45) is 0. The Morgan fingerprint density at radius 2 is 2.15 bits per heavy atom. The number of nitrogens with two attached hydrogens (primary N) is 1. The van der Waals surface area contributed by atoms with Crippen LogP contribution in [0.25, 0.3) is 0 Å². The fourth-order valence-corrected chi connectivity index (χ4v) is 1.75. The van der Waals surface area contributed by atoms with Crippen LogP contribution in [-0.4, -0.2) is 0 Å². The molecule has 0 fully saturated rings. The van der Waals surface area contributed by atoms with Gasteiger partial charge in [-0.15, -0.1) is 0 Å². The summed E-state index contributed by atoms with van der Waals surface area (Å²) >= 11 is 3.13. The van der Waals surface area contributed by atoms with E-state index < -0.39 is 0 Å². The van der Waals surface area contributed by atoms with Gasteiger partial charge in [-0.05, 0) is 47.0 Å². The van der Waals surface area contributed by atoms with Gasteiger partial charge < -0.3 is 0 Å². The van der Waals surface area contributed by atoms with Crippen LogP contribution in [0.15, 0.2) is 10.5 Å². The number of hydrogen-bond donors (Lipinski definition) is 1. The van der Waals surface area contributed by atoms with Crippen LogP contribution in [0.2, 0.25) is 0 Å². The SMILES string of the molecule is Cc1cc(Br)c(F)c(CON)c1C. The molecule has 0 heterocycles. The van der Waals surface area contributed by atoms with E-state index in [1.807, 2.05) is 13.8 Å². The van der Waals surface area contributed by atoms with Crippen molar-refractivity contribution in [2.45, 2.75) is 20.5 Å². The lowest BCUT2D eigenvalue weighted by Crippen LogP contribution is -2.05. The van der Waals surface area contributed by atoms with Crippen LogP contribution < -0.4 is 5.90 Å². The molecule has 72 valence electrons. The standard InChI is InChI=1S/C9H11BrFNO/c1-5-3-8(10)9(11)7(4-13-12)6(5)2/h3H,4,12H2,1-2H3. The summed E-state index contributed by atoms with van der Waals surface area (Å²) in [6, 6.07) is 1.74. The fourth-order valence-electron chi connectivity index (χ4n) is 1.16. The first-order chi connectivity index (χ1) is 6.07. The van der Waals surface area contributed by atoms with Gasteiger partial charge in [0, 0.05) is 5.56 Å². The molecule has 2 nitrogen and oxygen atoms in total. The van der Waals surface area contributed by atoms with Crippen LogP contribution in [-0.2, 0) is 11.4 Å². The maximum absolute atomic E-state index is 13.4. The Kier molecular flexibility index (Phi) is 3.41. The van der Waals surface area contributed by atoms with Crippen molar-refractivity contribution in [3.8, 4) is 0 Å². The molecule has 4 heteroatoms. The molecule has 0 aromatic heterocycles. The quantitative estimate of drug-likeness (QED) is 0.816. The van der Waals surface area contributed by atoms with Crippen LogP contribution in [0.3, 0.4) is 0 Å². The molecule has 0 aliphatic heterocycles. The Morgan fingerprint density at radius 3 is 2.69 bits per heavy atom. The van der Waals surface area contributed by atoms with E-state index >= 15 is 0 Å². The Hall–Kier alpha value is -0.450. The van der Waals surface area contributed by atoms with Gasteiger partial charge in [-0.2, -0.15) is 0 Å². The molecule has 0 saturated carbocycles. The molecular weight excluding hydrogens is 237 g/mol. The first-order valence-electron chi connectivity index (χ1n) is 3.83. The van der Waals surface area contributed by atoms with E-state index in [9.17, 15) is 4.39 Å². The van der Waals surface area contributed by atoms with Crippen molar-refractivity contribution < 1.29 is 9.23 Å². The molecule has 0 bridgehead atoms. The van der Waals surface area contributed by atoms with Crippen molar-refractivity contribution >= 4 is 15.9 Å². The zero-order valence-corrected chi connectivity index (χ0v) is 9.11. The largest absolute Gasteiger partial charge is 0.300 e. The highest BCUT2D eigenvalue weighted by atomic mass is 79.9. The Balaban J connectivity index is 3.28. The maximum atomic E-state index is 13.4. The third kappa shape index (κ3) is 2.07. The summed E-state index contributed by atoms with van der Waals surface area (Å²) in [6.45, 7) is 3.86. The van der Waals surface area contributed by atoms with Gasteiger partial charge in [0.05, 0.1) is 11.1 Å². The van der Waals surface area contributed by atoms with E-state index in [4.69, 9.17) is 5.90 Å². The van der Waals surface area contributed by atoms with E-state index in [0.717, 1.165) is 11.1 Å². The highest BCUT2D eigenvalue weighted by molar-refractivity contribution is 9.10. The minimum atomic E-state index is -0.298. The topological polar surface area (TPSA) is 35.2 Å². The van der Waals surface area contributed by atoms with E-state index in [0.29, 0.717) is 10.0 Å². The number of benzene rings is 1. The van der Waals surface area contributed by atoms with Crippen molar-refractivity contribution in [2.24, 2.45) is 5.90 Å². The molecule has 0 amide bonds. The van der Waals surface area contributed by atoms with Crippen LogP contribution in [0.5, 0.6) is 0 Å². The lowest BCUT2D eigenvalue weighted by atomic mass is 10.0. The van der Waals surface area contributed by atoms with Crippen LogP contribution in [0, 0.1) is 19.7 Å². The normalized spacial score (nSPS) is 10.5. The summed E-state index contributed by atoms with van der Waals surface area (Å²) in [5.41, 5.74) is 2.40. The fraction of sp³-hybridized carbons (Fsp3) is 0.333. The Labute approximate surface area is 85.0 Å². The lowest BCUT2D eigenvalue weighted by molar-refractivity contribution is 0.121. The van der Waals surface area contributed by atoms with Gasteiger partial charge in [0.1, 0.15) is 5.82 Å². The number of aryl methyl sites for hydroxylation is 1. The molecule has 0 atom stereocenters. The molecule has 2 N–H and O–H groups in total.